The Kier molecular flexibility index (Phi) is 4.72. The maximum Gasteiger partial charge on any atom is 0.260 e. The minimum absolute atomic E-state index is 0.116. The van der Waals surface area contributed by atoms with Crippen molar-refractivity contribution in [1.82, 2.24) is 5.32 Å². The van der Waals surface area contributed by atoms with Crippen LogP contribution in [0.3, 0.4) is 0 Å². The highest BCUT2D eigenvalue weighted by Crippen LogP contribution is 2.12. The molecule has 0 saturated carbocycles. The summed E-state index contributed by atoms with van der Waals surface area (Å²) in [5.74, 6) is -0.254. The Morgan fingerprint density at radius 3 is 2.69 bits per heavy atom. The third-order valence-corrected chi connectivity index (χ3v) is 1.91. The molecular formula is C11H14FNO3. The number of aliphatic hydroxyl groups is 1. The Bertz CT molecular complexity index is 340. The van der Waals surface area contributed by atoms with Crippen LogP contribution in [0.5, 0.6) is 5.75 Å². The molecule has 4 nitrogen and oxygen atoms in total. The van der Waals surface area contributed by atoms with Gasteiger partial charge in [-0.3, -0.25) is 4.79 Å². The topological polar surface area (TPSA) is 58.6 Å². The summed E-state index contributed by atoms with van der Waals surface area (Å²) in [7, 11) is 0. The number of halogens is 1. The van der Waals surface area contributed by atoms with Gasteiger partial charge in [0.25, 0.3) is 5.91 Å². The average Bonchev–Trinajstić information content (AvgIpc) is 2.29. The first-order chi connectivity index (χ1) is 7.63. The van der Waals surface area contributed by atoms with Gasteiger partial charge in [0.1, 0.15) is 11.6 Å². The Hall–Kier alpha value is -1.62. The van der Waals surface area contributed by atoms with Crippen LogP contribution in [-0.4, -0.2) is 30.3 Å². The van der Waals surface area contributed by atoms with Crippen molar-refractivity contribution >= 4 is 5.91 Å². The molecule has 0 heterocycles. The van der Waals surface area contributed by atoms with Gasteiger partial charge in [-0.05, 0) is 31.2 Å². The minimum atomic E-state index is -0.683. The number of ether oxygens (including phenoxy) is 1. The summed E-state index contributed by atoms with van der Waals surface area (Å²) < 4.78 is 17.9. The van der Waals surface area contributed by atoms with Crippen LogP contribution in [0.4, 0.5) is 4.39 Å². The van der Waals surface area contributed by atoms with Gasteiger partial charge in [-0.1, -0.05) is 0 Å². The lowest BCUT2D eigenvalue weighted by atomic mass is 10.3. The van der Waals surface area contributed by atoms with Gasteiger partial charge in [0.05, 0.1) is 6.61 Å². The molecule has 1 aromatic rings. The quantitative estimate of drug-likeness (QED) is 0.778. The number of amides is 1. The summed E-state index contributed by atoms with van der Waals surface area (Å²) >= 11 is 0. The van der Waals surface area contributed by atoms with Crippen LogP contribution in [0.2, 0.25) is 0 Å². The highest BCUT2D eigenvalue weighted by atomic mass is 19.1. The summed E-state index contributed by atoms with van der Waals surface area (Å²) in [6, 6.07) is 5.41. The van der Waals surface area contributed by atoms with Gasteiger partial charge in [0, 0.05) is 6.54 Å². The largest absolute Gasteiger partial charge is 0.481 e. The van der Waals surface area contributed by atoms with Gasteiger partial charge in [0.2, 0.25) is 0 Å². The lowest BCUT2D eigenvalue weighted by Gasteiger charge is -2.14. The van der Waals surface area contributed by atoms with E-state index in [-0.39, 0.29) is 24.9 Å². The van der Waals surface area contributed by atoms with Gasteiger partial charge in [-0.25, -0.2) is 4.39 Å². The molecule has 0 spiro atoms. The molecule has 0 radical (unpaired) electrons. The zero-order valence-electron chi connectivity index (χ0n) is 8.94. The first kappa shape index (κ1) is 12.4. The molecule has 0 aliphatic heterocycles. The molecule has 1 unspecified atom stereocenters. The smallest absolute Gasteiger partial charge is 0.260 e. The zero-order valence-corrected chi connectivity index (χ0v) is 8.94. The minimum Gasteiger partial charge on any atom is -0.481 e. The SMILES string of the molecule is CC(Oc1ccc(F)cc1)C(=O)NCCO. The van der Waals surface area contributed by atoms with Crippen molar-refractivity contribution in [2.75, 3.05) is 13.2 Å². The highest BCUT2D eigenvalue weighted by Gasteiger charge is 2.13. The van der Waals surface area contributed by atoms with Crippen molar-refractivity contribution in [3.8, 4) is 5.75 Å². The summed E-state index contributed by atoms with van der Waals surface area (Å²) in [5, 5.41) is 11.0. The number of carbonyl (C=O) groups excluding carboxylic acids is 1. The molecular weight excluding hydrogens is 213 g/mol. The number of rotatable bonds is 5. The van der Waals surface area contributed by atoms with Crippen molar-refractivity contribution in [1.29, 1.82) is 0 Å². The van der Waals surface area contributed by atoms with E-state index in [1.54, 1.807) is 6.92 Å². The fourth-order valence-corrected chi connectivity index (χ4v) is 1.09. The third kappa shape index (κ3) is 3.86. The Morgan fingerprint density at radius 2 is 2.12 bits per heavy atom. The molecule has 5 heteroatoms. The van der Waals surface area contributed by atoms with E-state index in [1.807, 2.05) is 0 Å². The maximum atomic E-state index is 12.6. The monoisotopic (exact) mass is 227 g/mol. The van der Waals surface area contributed by atoms with E-state index in [0.29, 0.717) is 5.75 Å². The molecule has 88 valence electrons. The molecule has 0 aliphatic carbocycles. The van der Waals surface area contributed by atoms with E-state index in [4.69, 9.17) is 9.84 Å². The van der Waals surface area contributed by atoms with E-state index >= 15 is 0 Å². The second kappa shape index (κ2) is 6.07. The molecule has 1 amide bonds. The standard InChI is InChI=1S/C11H14FNO3/c1-8(11(15)13-6-7-14)16-10-4-2-9(12)3-5-10/h2-5,8,14H,6-7H2,1H3,(H,13,15). The second-order valence-corrected chi connectivity index (χ2v) is 3.23. The maximum absolute atomic E-state index is 12.6. The van der Waals surface area contributed by atoms with Gasteiger partial charge in [0.15, 0.2) is 6.10 Å². The summed E-state index contributed by atoms with van der Waals surface area (Å²) in [5.41, 5.74) is 0. The summed E-state index contributed by atoms with van der Waals surface area (Å²) in [4.78, 5) is 11.4. The molecule has 0 aliphatic rings. The Labute approximate surface area is 93.0 Å². The van der Waals surface area contributed by atoms with Crippen LogP contribution in [0.15, 0.2) is 24.3 Å². The Morgan fingerprint density at radius 1 is 1.50 bits per heavy atom. The number of hydrogen-bond donors (Lipinski definition) is 2. The number of benzene rings is 1. The highest BCUT2D eigenvalue weighted by molar-refractivity contribution is 5.80. The third-order valence-electron chi connectivity index (χ3n) is 1.91. The van der Waals surface area contributed by atoms with Gasteiger partial charge < -0.3 is 15.2 Å². The fourth-order valence-electron chi connectivity index (χ4n) is 1.09. The van der Waals surface area contributed by atoms with E-state index in [0.717, 1.165) is 0 Å². The summed E-state index contributed by atoms with van der Waals surface area (Å²) in [6.07, 6.45) is -0.683. The predicted molar refractivity (Wildman–Crippen MR) is 56.6 cm³/mol. The Balaban J connectivity index is 2.47. The molecule has 16 heavy (non-hydrogen) atoms. The van der Waals surface area contributed by atoms with Gasteiger partial charge >= 0.3 is 0 Å². The molecule has 0 fully saturated rings. The van der Waals surface area contributed by atoms with E-state index in [2.05, 4.69) is 5.32 Å². The zero-order chi connectivity index (χ0) is 12.0. The molecule has 0 aromatic heterocycles. The lowest BCUT2D eigenvalue weighted by molar-refractivity contribution is -0.127. The van der Waals surface area contributed by atoms with Crippen LogP contribution in [-0.2, 0) is 4.79 Å². The van der Waals surface area contributed by atoms with Crippen molar-refractivity contribution < 1.29 is 19.0 Å². The van der Waals surface area contributed by atoms with Crippen LogP contribution in [0, 0.1) is 5.82 Å². The van der Waals surface area contributed by atoms with Crippen molar-refractivity contribution in [3.63, 3.8) is 0 Å². The first-order valence-corrected chi connectivity index (χ1v) is 4.94. The lowest BCUT2D eigenvalue weighted by Crippen LogP contribution is -2.37. The molecule has 1 atom stereocenters. The molecule has 2 N–H and O–H groups in total. The molecule has 0 saturated heterocycles. The van der Waals surface area contributed by atoms with E-state index < -0.39 is 6.10 Å². The van der Waals surface area contributed by atoms with Crippen molar-refractivity contribution in [2.45, 2.75) is 13.0 Å². The fraction of sp³-hybridized carbons (Fsp3) is 0.364. The van der Waals surface area contributed by atoms with Crippen LogP contribution < -0.4 is 10.1 Å². The normalized spacial score (nSPS) is 11.9. The number of nitrogens with one attached hydrogen (secondary N) is 1. The van der Waals surface area contributed by atoms with Gasteiger partial charge in [-0.15, -0.1) is 0 Å². The number of carbonyl (C=O) groups is 1. The van der Waals surface area contributed by atoms with Crippen molar-refractivity contribution in [2.24, 2.45) is 0 Å². The van der Waals surface area contributed by atoms with E-state index in [9.17, 15) is 9.18 Å². The summed E-state index contributed by atoms with van der Waals surface area (Å²) in [6.45, 7) is 1.65. The van der Waals surface area contributed by atoms with E-state index in [1.165, 1.54) is 24.3 Å². The molecule has 1 rings (SSSR count). The molecule has 1 aromatic carbocycles. The van der Waals surface area contributed by atoms with Crippen LogP contribution in [0.25, 0.3) is 0 Å². The average molecular weight is 227 g/mol. The van der Waals surface area contributed by atoms with Crippen LogP contribution >= 0.6 is 0 Å². The van der Waals surface area contributed by atoms with Gasteiger partial charge in [-0.2, -0.15) is 0 Å². The van der Waals surface area contributed by atoms with Crippen molar-refractivity contribution in [3.05, 3.63) is 30.1 Å². The molecule has 0 bridgehead atoms. The number of hydrogen-bond acceptors (Lipinski definition) is 3. The predicted octanol–water partition coefficient (Wildman–Crippen LogP) is 0.701. The first-order valence-electron chi connectivity index (χ1n) is 4.94. The van der Waals surface area contributed by atoms with Crippen LogP contribution in [0.1, 0.15) is 6.92 Å². The number of aliphatic hydroxyl groups excluding tert-OH is 1. The second-order valence-electron chi connectivity index (χ2n) is 3.23.